The summed E-state index contributed by atoms with van der Waals surface area (Å²) in [6, 6.07) is 34.8. The topological polar surface area (TPSA) is 142 Å². The van der Waals surface area contributed by atoms with Crippen LogP contribution in [0.4, 0.5) is 11.4 Å². The van der Waals surface area contributed by atoms with E-state index in [1.165, 1.54) is 42.5 Å². The molecule has 0 spiro atoms. The van der Waals surface area contributed by atoms with E-state index in [9.17, 15) is 21.6 Å². The zero-order valence-corrected chi connectivity index (χ0v) is 26.2. The minimum Gasteiger partial charge on any atom is -0.399 e. The van der Waals surface area contributed by atoms with E-state index in [0.29, 0.717) is 11.4 Å². The zero-order valence-electron chi connectivity index (χ0n) is 24.6. The second-order valence-electron chi connectivity index (χ2n) is 10.0. The van der Waals surface area contributed by atoms with Gasteiger partial charge < -0.3 is 19.4 Å². The van der Waals surface area contributed by atoms with Crippen LogP contribution in [0.1, 0.15) is 16.7 Å². The van der Waals surface area contributed by atoms with Gasteiger partial charge in [-0.15, -0.1) is 0 Å². The first kappa shape index (κ1) is 32.8. The van der Waals surface area contributed by atoms with Gasteiger partial charge in [-0.25, -0.2) is 0 Å². The van der Waals surface area contributed by atoms with Gasteiger partial charge in [-0.2, -0.15) is 16.8 Å². The molecule has 0 aliphatic rings. The molecular weight excluding hydrogens is 613 g/mol. The van der Waals surface area contributed by atoms with Gasteiger partial charge in [-0.3, -0.25) is 4.79 Å². The van der Waals surface area contributed by atoms with Gasteiger partial charge in [-0.1, -0.05) is 77.9 Å². The van der Waals surface area contributed by atoms with Crippen LogP contribution in [0.2, 0.25) is 0 Å². The lowest BCUT2D eigenvalue weighted by atomic mass is 10.1. The number of benzene rings is 5. The summed E-state index contributed by atoms with van der Waals surface area (Å²) in [6.45, 7) is 3.76. The Kier molecular flexibility index (Phi) is 10.6. The predicted octanol–water partition coefficient (Wildman–Crippen LogP) is 6.29. The van der Waals surface area contributed by atoms with Crippen molar-refractivity contribution in [1.29, 1.82) is 0 Å². The van der Waals surface area contributed by atoms with E-state index >= 15 is 0 Å². The maximum absolute atomic E-state index is 12.4. The van der Waals surface area contributed by atoms with E-state index in [0.717, 1.165) is 16.7 Å². The Labute approximate surface area is 263 Å². The van der Waals surface area contributed by atoms with Gasteiger partial charge >= 0.3 is 20.2 Å². The molecule has 232 valence electrons. The van der Waals surface area contributed by atoms with Crippen molar-refractivity contribution in [1.82, 2.24) is 0 Å². The Bertz CT molecular complexity index is 1960. The summed E-state index contributed by atoms with van der Waals surface area (Å²) in [5.41, 5.74) is 9.31. The van der Waals surface area contributed by atoms with Crippen molar-refractivity contribution in [2.75, 3.05) is 11.1 Å². The predicted molar refractivity (Wildman–Crippen MR) is 174 cm³/mol. The monoisotopic (exact) mass is 644 g/mol. The molecule has 0 saturated carbocycles. The number of carbonyl (C=O) groups excluding carboxylic acids is 1. The highest BCUT2D eigenvalue weighted by Gasteiger charge is 2.17. The SMILES string of the molecule is Cc1ccc(S(=O)(=O)Oc2cccc(N)c2)cc1.Cc1ccc(S(=O)(=O)Oc2cccc(NC(=O)Cc3ccccc3)c2)cc1. The largest absolute Gasteiger partial charge is 0.399 e. The number of nitrogens with one attached hydrogen (secondary N) is 1. The van der Waals surface area contributed by atoms with Crippen molar-refractivity contribution in [3.05, 3.63) is 144 Å². The van der Waals surface area contributed by atoms with Crippen molar-refractivity contribution in [2.45, 2.75) is 30.1 Å². The molecule has 5 aromatic carbocycles. The van der Waals surface area contributed by atoms with Gasteiger partial charge in [0.15, 0.2) is 0 Å². The lowest BCUT2D eigenvalue weighted by Gasteiger charge is -2.10. The smallest absolute Gasteiger partial charge is 0.339 e. The third-order valence-electron chi connectivity index (χ3n) is 6.21. The first-order valence-corrected chi connectivity index (χ1v) is 16.5. The lowest BCUT2D eigenvalue weighted by molar-refractivity contribution is -0.115. The van der Waals surface area contributed by atoms with Crippen LogP contribution in [-0.4, -0.2) is 22.7 Å². The molecule has 11 heteroatoms. The van der Waals surface area contributed by atoms with Crippen LogP contribution in [0, 0.1) is 13.8 Å². The summed E-state index contributed by atoms with van der Waals surface area (Å²) in [7, 11) is -7.74. The third-order valence-corrected chi connectivity index (χ3v) is 8.74. The maximum Gasteiger partial charge on any atom is 0.339 e. The van der Waals surface area contributed by atoms with Crippen molar-refractivity contribution < 1.29 is 30.0 Å². The fourth-order valence-electron chi connectivity index (χ4n) is 3.94. The summed E-state index contributed by atoms with van der Waals surface area (Å²) >= 11 is 0. The fraction of sp³-hybridized carbons (Fsp3) is 0.0882. The summed E-state index contributed by atoms with van der Waals surface area (Å²) in [5.74, 6) is 0.142. The molecule has 1 amide bonds. The van der Waals surface area contributed by atoms with Crippen molar-refractivity contribution in [2.24, 2.45) is 0 Å². The van der Waals surface area contributed by atoms with Crippen LogP contribution in [-0.2, 0) is 31.5 Å². The van der Waals surface area contributed by atoms with Gasteiger partial charge in [-0.05, 0) is 67.9 Å². The zero-order chi connectivity index (χ0) is 32.5. The van der Waals surface area contributed by atoms with Gasteiger partial charge in [0.1, 0.15) is 21.3 Å². The first-order valence-electron chi connectivity index (χ1n) is 13.7. The minimum absolute atomic E-state index is 0.0756. The fourth-order valence-corrected chi connectivity index (χ4v) is 5.78. The number of aryl methyl sites for hydroxylation is 2. The number of nitrogen functional groups attached to an aromatic ring is 1. The number of hydrogen-bond acceptors (Lipinski definition) is 8. The van der Waals surface area contributed by atoms with Gasteiger partial charge in [0, 0.05) is 23.5 Å². The maximum atomic E-state index is 12.4. The van der Waals surface area contributed by atoms with Crippen molar-refractivity contribution in [3.63, 3.8) is 0 Å². The number of nitrogens with two attached hydrogens (primary N) is 1. The highest BCUT2D eigenvalue weighted by atomic mass is 32.2. The number of amides is 1. The summed E-state index contributed by atoms with van der Waals surface area (Å²) in [6.07, 6.45) is 0.230. The Morgan fingerprint density at radius 2 is 1.11 bits per heavy atom. The van der Waals surface area contributed by atoms with E-state index < -0.39 is 20.2 Å². The first-order chi connectivity index (χ1) is 21.4. The standard InChI is InChI=1S/C21H19NO4S.C13H13NO3S/c1-16-10-12-20(13-11-16)27(24,25)26-19-9-5-8-18(15-19)22-21(23)14-17-6-3-2-4-7-17;1-10-5-7-13(8-6-10)18(15,16)17-12-4-2-3-11(14)9-12/h2-13,15H,14H2,1H3,(H,22,23);2-9H,14H2,1H3. The molecule has 5 rings (SSSR count). The summed E-state index contributed by atoms with van der Waals surface area (Å²) in [5, 5.41) is 2.75. The molecule has 0 fully saturated rings. The van der Waals surface area contributed by atoms with E-state index in [1.54, 1.807) is 54.6 Å². The van der Waals surface area contributed by atoms with Gasteiger partial charge in [0.25, 0.3) is 0 Å². The Morgan fingerprint density at radius 1 is 0.622 bits per heavy atom. The van der Waals surface area contributed by atoms with Crippen LogP contribution in [0.5, 0.6) is 11.5 Å². The van der Waals surface area contributed by atoms with Crippen LogP contribution in [0.3, 0.4) is 0 Å². The van der Waals surface area contributed by atoms with E-state index in [2.05, 4.69) is 5.32 Å². The number of rotatable bonds is 9. The molecule has 0 radical (unpaired) electrons. The van der Waals surface area contributed by atoms with Crippen LogP contribution >= 0.6 is 0 Å². The molecule has 0 aliphatic heterocycles. The molecule has 45 heavy (non-hydrogen) atoms. The molecule has 0 heterocycles. The van der Waals surface area contributed by atoms with Crippen LogP contribution in [0.25, 0.3) is 0 Å². The molecule has 0 aliphatic carbocycles. The summed E-state index contributed by atoms with van der Waals surface area (Å²) < 4.78 is 58.9. The van der Waals surface area contributed by atoms with Crippen LogP contribution in [0.15, 0.2) is 137 Å². The Balaban J connectivity index is 0.000000222. The molecule has 9 nitrogen and oxygen atoms in total. The number of hydrogen-bond donors (Lipinski definition) is 2. The molecular formula is C34H32N2O7S2. The summed E-state index contributed by atoms with van der Waals surface area (Å²) in [4.78, 5) is 12.4. The molecule has 5 aromatic rings. The average Bonchev–Trinajstić information content (AvgIpc) is 2.98. The number of carbonyl (C=O) groups is 1. The van der Waals surface area contributed by atoms with E-state index in [-0.39, 0.29) is 33.6 Å². The Morgan fingerprint density at radius 3 is 1.62 bits per heavy atom. The quantitative estimate of drug-likeness (QED) is 0.141. The molecule has 0 bridgehead atoms. The van der Waals surface area contributed by atoms with Crippen molar-refractivity contribution in [3.8, 4) is 11.5 Å². The van der Waals surface area contributed by atoms with Crippen LogP contribution < -0.4 is 19.4 Å². The minimum atomic E-state index is -3.94. The third kappa shape index (κ3) is 9.95. The lowest BCUT2D eigenvalue weighted by Crippen LogP contribution is -2.14. The molecule has 3 N–H and O–H groups in total. The highest BCUT2D eigenvalue weighted by Crippen LogP contribution is 2.23. The van der Waals surface area contributed by atoms with E-state index in [1.807, 2.05) is 44.2 Å². The van der Waals surface area contributed by atoms with Gasteiger partial charge in [0.05, 0.1) is 6.42 Å². The highest BCUT2D eigenvalue weighted by molar-refractivity contribution is 7.87. The average molecular weight is 645 g/mol. The normalized spacial score (nSPS) is 11.1. The molecule has 0 aromatic heterocycles. The Hall–Kier alpha value is -5.13. The second kappa shape index (κ2) is 14.6. The van der Waals surface area contributed by atoms with E-state index in [4.69, 9.17) is 14.1 Å². The molecule has 0 saturated heterocycles. The molecule has 0 unspecified atom stereocenters. The van der Waals surface area contributed by atoms with Gasteiger partial charge in [0.2, 0.25) is 5.91 Å². The number of anilines is 2. The van der Waals surface area contributed by atoms with Crippen molar-refractivity contribution >= 4 is 37.5 Å². The molecule has 0 atom stereocenters. The second-order valence-corrected chi connectivity index (χ2v) is 13.1.